The summed E-state index contributed by atoms with van der Waals surface area (Å²) >= 11 is 6.07. The fourth-order valence-corrected chi connectivity index (χ4v) is 3.37. The summed E-state index contributed by atoms with van der Waals surface area (Å²) in [5.74, 6) is 0.186. The van der Waals surface area contributed by atoms with Crippen LogP contribution >= 0.6 is 11.6 Å². The van der Waals surface area contributed by atoms with E-state index >= 15 is 0 Å². The topological polar surface area (TPSA) is 142 Å². The van der Waals surface area contributed by atoms with Crippen molar-refractivity contribution < 1.29 is 14.3 Å². The van der Waals surface area contributed by atoms with E-state index in [1.54, 1.807) is 62.2 Å². The predicted molar refractivity (Wildman–Crippen MR) is 123 cm³/mol. The van der Waals surface area contributed by atoms with Crippen molar-refractivity contribution in [1.29, 1.82) is 0 Å². The number of amides is 2. The molecule has 1 atom stereocenters. The van der Waals surface area contributed by atoms with Gasteiger partial charge in [0.2, 0.25) is 0 Å². The number of hydrogen-bond acceptors (Lipinski definition) is 8. The lowest BCUT2D eigenvalue weighted by molar-refractivity contribution is 0.101. The molecule has 0 aromatic carbocycles. The highest BCUT2D eigenvalue weighted by Crippen LogP contribution is 2.26. The number of hydrogen-bond donors (Lipinski definition) is 2. The first kappa shape index (κ1) is 22.9. The second kappa shape index (κ2) is 9.67. The molecule has 0 aliphatic carbocycles. The number of anilines is 2. The fraction of sp³-hybridized carbons (Fsp3) is 0.190. The number of aryl methyl sites for hydroxylation is 2. The Morgan fingerprint density at radius 2 is 1.91 bits per heavy atom. The van der Waals surface area contributed by atoms with Crippen LogP contribution in [0, 0.1) is 0 Å². The van der Waals surface area contributed by atoms with Crippen molar-refractivity contribution in [2.45, 2.75) is 13.0 Å². The van der Waals surface area contributed by atoms with Crippen LogP contribution in [0.3, 0.4) is 0 Å². The highest BCUT2D eigenvalue weighted by molar-refractivity contribution is 6.30. The van der Waals surface area contributed by atoms with Crippen LogP contribution in [0.15, 0.2) is 49.1 Å². The average molecular weight is 482 g/mol. The van der Waals surface area contributed by atoms with E-state index in [0.29, 0.717) is 22.6 Å². The zero-order valence-corrected chi connectivity index (χ0v) is 19.2. The quantitative estimate of drug-likeness (QED) is 0.400. The van der Waals surface area contributed by atoms with Gasteiger partial charge in [-0.1, -0.05) is 22.9 Å². The molecule has 4 rings (SSSR count). The molecule has 0 saturated carbocycles. The Bertz CT molecular complexity index is 1330. The Kier molecular flexibility index (Phi) is 6.50. The molecule has 0 radical (unpaired) electrons. The molecule has 0 aliphatic heterocycles. The Morgan fingerprint density at radius 3 is 2.59 bits per heavy atom. The molecule has 12 nitrogen and oxygen atoms in total. The molecule has 0 spiro atoms. The third-order valence-electron chi connectivity index (χ3n) is 4.85. The predicted octanol–water partition coefficient (Wildman–Crippen LogP) is 3.22. The smallest absolute Gasteiger partial charge is 0.413 e. The summed E-state index contributed by atoms with van der Waals surface area (Å²) < 4.78 is 8.42. The number of pyridine rings is 2. The second-order valence-electron chi connectivity index (χ2n) is 7.21. The molecule has 13 heteroatoms. The lowest BCUT2D eigenvalue weighted by Gasteiger charge is -2.15. The minimum atomic E-state index is -0.724. The molecule has 174 valence electrons. The Morgan fingerprint density at radius 1 is 1.09 bits per heavy atom. The van der Waals surface area contributed by atoms with E-state index in [-0.39, 0.29) is 22.7 Å². The van der Waals surface area contributed by atoms with Crippen molar-refractivity contribution in [3.8, 4) is 11.4 Å². The maximum Gasteiger partial charge on any atom is 0.413 e. The average Bonchev–Trinajstić information content (AvgIpc) is 3.40. The second-order valence-corrected chi connectivity index (χ2v) is 7.57. The minimum absolute atomic E-state index is 0.255. The highest BCUT2D eigenvalue weighted by atomic mass is 35.5. The van der Waals surface area contributed by atoms with Gasteiger partial charge in [0.1, 0.15) is 11.3 Å². The van der Waals surface area contributed by atoms with Crippen LogP contribution in [0.1, 0.15) is 29.2 Å². The van der Waals surface area contributed by atoms with E-state index < -0.39 is 12.2 Å². The Balaban J connectivity index is 1.46. The molecule has 0 unspecified atom stereocenters. The number of halogens is 1. The number of ether oxygens (including phenoxy) is 1. The molecule has 0 bridgehead atoms. The first-order valence-corrected chi connectivity index (χ1v) is 10.4. The summed E-state index contributed by atoms with van der Waals surface area (Å²) in [5.41, 5.74) is 1.81. The van der Waals surface area contributed by atoms with Crippen LogP contribution in [0.25, 0.3) is 11.4 Å². The van der Waals surface area contributed by atoms with E-state index in [4.69, 9.17) is 16.3 Å². The first-order valence-electron chi connectivity index (χ1n) is 10.1. The normalized spacial score (nSPS) is 11.6. The van der Waals surface area contributed by atoms with Gasteiger partial charge in [-0.3, -0.25) is 15.1 Å². The zero-order chi connectivity index (χ0) is 24.2. The third kappa shape index (κ3) is 4.86. The van der Waals surface area contributed by atoms with Gasteiger partial charge in [-0.15, -0.1) is 5.10 Å². The van der Waals surface area contributed by atoms with Crippen LogP contribution in [0.2, 0.25) is 5.15 Å². The van der Waals surface area contributed by atoms with Crippen LogP contribution in [0.5, 0.6) is 0 Å². The van der Waals surface area contributed by atoms with Gasteiger partial charge in [0.15, 0.2) is 17.3 Å². The number of nitrogens with one attached hydrogen (secondary N) is 2. The molecule has 0 saturated heterocycles. The summed E-state index contributed by atoms with van der Waals surface area (Å²) in [7, 11) is 3.35. The Hall–Kier alpha value is -4.32. The largest absolute Gasteiger partial charge is 0.441 e. The molecule has 4 heterocycles. The van der Waals surface area contributed by atoms with Gasteiger partial charge >= 0.3 is 6.09 Å². The summed E-state index contributed by atoms with van der Waals surface area (Å²) in [6.45, 7) is 1.68. The van der Waals surface area contributed by atoms with E-state index in [9.17, 15) is 9.59 Å². The summed E-state index contributed by atoms with van der Waals surface area (Å²) in [5, 5.41) is 13.7. The lowest BCUT2D eigenvalue weighted by Crippen LogP contribution is -2.18. The minimum Gasteiger partial charge on any atom is -0.441 e. The van der Waals surface area contributed by atoms with E-state index in [1.165, 1.54) is 17.1 Å². The number of aromatic nitrogens is 7. The number of carbonyl (C=O) groups excluding carboxylic acids is 2. The van der Waals surface area contributed by atoms with Crippen LogP contribution in [-0.4, -0.2) is 46.5 Å². The lowest BCUT2D eigenvalue weighted by atomic mass is 10.2. The third-order valence-corrected chi connectivity index (χ3v) is 5.16. The number of rotatable bonds is 6. The molecule has 2 amide bonds. The standard InChI is InChI=1S/C21H20ClN9O3/c1-12(14-5-4-8-23-17(14)22)34-21(33)27-18-16(28-29-31(18)3)15-7-6-13(11-25-15)26-20(32)19-24-9-10-30(19)2/h4-12H,1-3H3,(H,26,32)(H,27,33)/t12-/m1/s1. The van der Waals surface area contributed by atoms with Crippen molar-refractivity contribution in [2.75, 3.05) is 10.6 Å². The maximum atomic E-state index is 12.5. The zero-order valence-electron chi connectivity index (χ0n) is 18.4. The van der Waals surface area contributed by atoms with Crippen LogP contribution < -0.4 is 10.6 Å². The Labute approximate surface area is 199 Å². The van der Waals surface area contributed by atoms with Crippen molar-refractivity contribution in [3.63, 3.8) is 0 Å². The highest BCUT2D eigenvalue weighted by Gasteiger charge is 2.20. The van der Waals surface area contributed by atoms with Gasteiger partial charge < -0.3 is 14.6 Å². The van der Waals surface area contributed by atoms with E-state index in [0.717, 1.165) is 0 Å². The van der Waals surface area contributed by atoms with Gasteiger partial charge in [-0.25, -0.2) is 19.4 Å². The maximum absolute atomic E-state index is 12.5. The van der Waals surface area contributed by atoms with E-state index in [2.05, 4.69) is 35.9 Å². The molecule has 4 aromatic rings. The van der Waals surface area contributed by atoms with Crippen LogP contribution in [0.4, 0.5) is 16.3 Å². The number of carbonyl (C=O) groups is 2. The van der Waals surface area contributed by atoms with Crippen molar-refractivity contribution in [3.05, 3.63) is 65.6 Å². The molecule has 2 N–H and O–H groups in total. The molecule has 0 fully saturated rings. The van der Waals surface area contributed by atoms with Gasteiger partial charge in [0, 0.05) is 38.2 Å². The van der Waals surface area contributed by atoms with Crippen molar-refractivity contribution in [1.82, 2.24) is 34.5 Å². The van der Waals surface area contributed by atoms with Gasteiger partial charge in [0.25, 0.3) is 5.91 Å². The molecule has 34 heavy (non-hydrogen) atoms. The summed E-state index contributed by atoms with van der Waals surface area (Å²) in [6.07, 6.45) is 4.88. The summed E-state index contributed by atoms with van der Waals surface area (Å²) in [4.78, 5) is 37.2. The summed E-state index contributed by atoms with van der Waals surface area (Å²) in [6, 6.07) is 6.73. The van der Waals surface area contributed by atoms with Gasteiger partial charge in [0.05, 0.1) is 17.6 Å². The molecule has 0 aliphatic rings. The monoisotopic (exact) mass is 481 g/mol. The SMILES string of the molecule is C[C@@H](OC(=O)Nc1c(-c2ccc(NC(=O)c3nccn3C)cn2)nnn1C)c1cccnc1Cl. The van der Waals surface area contributed by atoms with Gasteiger partial charge in [-0.2, -0.15) is 0 Å². The first-order chi connectivity index (χ1) is 16.3. The van der Waals surface area contributed by atoms with Gasteiger partial charge in [-0.05, 0) is 25.1 Å². The molecular formula is C21H20ClN9O3. The van der Waals surface area contributed by atoms with E-state index in [1.807, 2.05) is 0 Å². The molecule has 4 aromatic heterocycles. The number of nitrogens with zero attached hydrogens (tertiary/aromatic N) is 7. The van der Waals surface area contributed by atoms with Crippen molar-refractivity contribution >= 4 is 35.1 Å². The van der Waals surface area contributed by atoms with Crippen molar-refractivity contribution in [2.24, 2.45) is 14.1 Å². The fourth-order valence-electron chi connectivity index (χ4n) is 3.10. The number of imidazole rings is 1. The molecular weight excluding hydrogens is 462 g/mol. The van der Waals surface area contributed by atoms with Crippen LogP contribution in [-0.2, 0) is 18.8 Å².